The van der Waals surface area contributed by atoms with Gasteiger partial charge >= 0.3 is 0 Å². The number of benzene rings is 3. The summed E-state index contributed by atoms with van der Waals surface area (Å²) in [5.74, 6) is 0.693. The third-order valence-corrected chi connectivity index (χ3v) is 6.02. The van der Waals surface area contributed by atoms with Gasteiger partial charge in [-0.1, -0.05) is 29.8 Å². The molecule has 4 rings (SSSR count). The first-order valence-electron chi connectivity index (χ1n) is 9.01. The SMILES string of the molecule is O=C(Nc1ccc2c(c1)OCCO2)c1cccc(S(=O)(=O)Nc2ccccc2Cl)c1. The molecule has 0 atom stereocenters. The lowest BCUT2D eigenvalue weighted by Gasteiger charge is -2.19. The molecule has 0 fully saturated rings. The van der Waals surface area contributed by atoms with E-state index in [2.05, 4.69) is 10.0 Å². The Labute approximate surface area is 178 Å². The lowest BCUT2D eigenvalue weighted by molar-refractivity contribution is 0.102. The predicted octanol–water partition coefficient (Wildman–Crippen LogP) is 4.16. The van der Waals surface area contributed by atoms with Crippen molar-refractivity contribution in [3.05, 3.63) is 77.3 Å². The van der Waals surface area contributed by atoms with Crippen molar-refractivity contribution in [2.75, 3.05) is 23.3 Å². The number of rotatable bonds is 5. The van der Waals surface area contributed by atoms with Crippen molar-refractivity contribution < 1.29 is 22.7 Å². The van der Waals surface area contributed by atoms with Crippen LogP contribution in [-0.4, -0.2) is 27.5 Å². The van der Waals surface area contributed by atoms with Gasteiger partial charge in [-0.05, 0) is 42.5 Å². The maximum Gasteiger partial charge on any atom is 0.261 e. The van der Waals surface area contributed by atoms with Gasteiger partial charge in [0.25, 0.3) is 15.9 Å². The number of carbonyl (C=O) groups is 1. The van der Waals surface area contributed by atoms with Crippen LogP contribution in [0.5, 0.6) is 11.5 Å². The number of hydrogen-bond donors (Lipinski definition) is 2. The van der Waals surface area contributed by atoms with Crippen LogP contribution < -0.4 is 19.5 Å². The van der Waals surface area contributed by atoms with E-state index in [0.29, 0.717) is 30.4 Å². The summed E-state index contributed by atoms with van der Waals surface area (Å²) in [6.45, 7) is 0.908. The van der Waals surface area contributed by atoms with E-state index >= 15 is 0 Å². The van der Waals surface area contributed by atoms with Gasteiger partial charge in [-0.3, -0.25) is 9.52 Å². The fraction of sp³-hybridized carbons (Fsp3) is 0.0952. The van der Waals surface area contributed by atoms with Crippen LogP contribution in [0.2, 0.25) is 5.02 Å². The number of hydrogen-bond acceptors (Lipinski definition) is 5. The molecule has 7 nitrogen and oxygen atoms in total. The van der Waals surface area contributed by atoms with Gasteiger partial charge in [0.2, 0.25) is 0 Å². The molecule has 0 unspecified atom stereocenters. The molecule has 1 amide bonds. The molecule has 3 aromatic rings. The fourth-order valence-corrected chi connectivity index (χ4v) is 4.24. The van der Waals surface area contributed by atoms with Crippen LogP contribution in [0.15, 0.2) is 71.6 Å². The average molecular weight is 445 g/mol. The van der Waals surface area contributed by atoms with Crippen molar-refractivity contribution in [1.82, 2.24) is 0 Å². The van der Waals surface area contributed by atoms with E-state index in [1.54, 1.807) is 42.5 Å². The first kappa shape index (κ1) is 20.1. The normalized spacial score (nSPS) is 12.8. The van der Waals surface area contributed by atoms with Crippen molar-refractivity contribution in [2.45, 2.75) is 4.90 Å². The monoisotopic (exact) mass is 444 g/mol. The Bertz CT molecular complexity index is 1210. The van der Waals surface area contributed by atoms with Crippen molar-refractivity contribution in [1.29, 1.82) is 0 Å². The maximum atomic E-state index is 12.7. The molecule has 1 aliphatic rings. The van der Waals surface area contributed by atoms with Crippen LogP contribution in [0, 0.1) is 0 Å². The summed E-state index contributed by atoms with van der Waals surface area (Å²) in [4.78, 5) is 12.6. The summed E-state index contributed by atoms with van der Waals surface area (Å²) in [6.07, 6.45) is 0. The van der Waals surface area contributed by atoms with Crippen LogP contribution >= 0.6 is 11.6 Å². The van der Waals surface area contributed by atoms with E-state index < -0.39 is 15.9 Å². The van der Waals surface area contributed by atoms with E-state index in [1.807, 2.05) is 0 Å². The van der Waals surface area contributed by atoms with E-state index in [1.165, 1.54) is 24.3 Å². The molecule has 0 aromatic heterocycles. The molecule has 0 spiro atoms. The molecular weight excluding hydrogens is 428 g/mol. The number of amides is 1. The van der Waals surface area contributed by atoms with Crippen molar-refractivity contribution in [3.63, 3.8) is 0 Å². The number of ether oxygens (including phenoxy) is 2. The molecule has 0 aliphatic carbocycles. The minimum atomic E-state index is -3.93. The van der Waals surface area contributed by atoms with Gasteiger partial charge < -0.3 is 14.8 Å². The van der Waals surface area contributed by atoms with Gasteiger partial charge in [-0.2, -0.15) is 0 Å². The van der Waals surface area contributed by atoms with Gasteiger partial charge in [0.1, 0.15) is 13.2 Å². The van der Waals surface area contributed by atoms with Crippen molar-refractivity contribution in [3.8, 4) is 11.5 Å². The molecular formula is C21H17ClN2O5S. The van der Waals surface area contributed by atoms with Crippen molar-refractivity contribution in [2.24, 2.45) is 0 Å². The second-order valence-corrected chi connectivity index (χ2v) is 8.52. The summed E-state index contributed by atoms with van der Waals surface area (Å²) in [6, 6.07) is 17.3. The highest BCUT2D eigenvalue weighted by Gasteiger charge is 2.18. The minimum Gasteiger partial charge on any atom is -0.486 e. The molecule has 0 radical (unpaired) electrons. The Morgan fingerprint density at radius 1 is 0.900 bits per heavy atom. The first-order valence-corrected chi connectivity index (χ1v) is 10.9. The number of fused-ring (bicyclic) bond motifs is 1. The second-order valence-electron chi connectivity index (χ2n) is 6.43. The van der Waals surface area contributed by atoms with Gasteiger partial charge in [0.15, 0.2) is 11.5 Å². The van der Waals surface area contributed by atoms with Crippen LogP contribution in [0.25, 0.3) is 0 Å². The third kappa shape index (κ3) is 4.34. The topological polar surface area (TPSA) is 93.7 Å². The van der Waals surface area contributed by atoms with Gasteiger partial charge in [0.05, 0.1) is 15.6 Å². The summed E-state index contributed by atoms with van der Waals surface area (Å²) in [7, 11) is -3.93. The van der Waals surface area contributed by atoms with Gasteiger partial charge in [-0.25, -0.2) is 8.42 Å². The number of halogens is 1. The highest BCUT2D eigenvalue weighted by atomic mass is 35.5. The zero-order valence-electron chi connectivity index (χ0n) is 15.6. The largest absolute Gasteiger partial charge is 0.486 e. The summed E-state index contributed by atoms with van der Waals surface area (Å²) in [5, 5.41) is 3.01. The Hall–Kier alpha value is -3.23. The Balaban J connectivity index is 1.54. The number of anilines is 2. The maximum absolute atomic E-state index is 12.7. The van der Waals surface area contributed by atoms with Gasteiger partial charge in [-0.15, -0.1) is 0 Å². The molecule has 0 bridgehead atoms. The summed E-state index contributed by atoms with van der Waals surface area (Å²) in [5.41, 5.74) is 0.948. The fourth-order valence-electron chi connectivity index (χ4n) is 2.88. The lowest BCUT2D eigenvalue weighted by Crippen LogP contribution is -2.17. The first-order chi connectivity index (χ1) is 14.4. The van der Waals surface area contributed by atoms with E-state index in [0.717, 1.165) is 0 Å². The lowest BCUT2D eigenvalue weighted by atomic mass is 10.2. The van der Waals surface area contributed by atoms with Crippen LogP contribution in [0.3, 0.4) is 0 Å². The third-order valence-electron chi connectivity index (χ3n) is 4.32. The van der Waals surface area contributed by atoms with Gasteiger partial charge in [0, 0.05) is 17.3 Å². The molecule has 0 saturated heterocycles. The molecule has 1 heterocycles. The van der Waals surface area contributed by atoms with E-state index in [-0.39, 0.29) is 21.2 Å². The molecule has 0 saturated carbocycles. The van der Waals surface area contributed by atoms with E-state index in [4.69, 9.17) is 21.1 Å². The van der Waals surface area contributed by atoms with Crippen LogP contribution in [0.1, 0.15) is 10.4 Å². The number of para-hydroxylation sites is 1. The number of carbonyl (C=O) groups excluding carboxylic acids is 1. The highest BCUT2D eigenvalue weighted by molar-refractivity contribution is 7.92. The zero-order chi connectivity index (χ0) is 21.1. The minimum absolute atomic E-state index is 0.0581. The number of nitrogens with one attached hydrogen (secondary N) is 2. The summed E-state index contributed by atoms with van der Waals surface area (Å²) < 4.78 is 38.8. The molecule has 1 aliphatic heterocycles. The van der Waals surface area contributed by atoms with Crippen molar-refractivity contribution >= 4 is 38.9 Å². The Morgan fingerprint density at radius 3 is 2.47 bits per heavy atom. The molecule has 3 aromatic carbocycles. The standard InChI is InChI=1S/C21H17ClN2O5S/c22-17-6-1-2-7-18(17)24-30(26,27)16-5-3-4-14(12-16)21(25)23-15-8-9-19-20(13-15)29-11-10-28-19/h1-9,12-13,24H,10-11H2,(H,23,25). The predicted molar refractivity (Wildman–Crippen MR) is 114 cm³/mol. The summed E-state index contributed by atoms with van der Waals surface area (Å²) >= 11 is 6.03. The Morgan fingerprint density at radius 2 is 1.67 bits per heavy atom. The molecule has 2 N–H and O–H groups in total. The second kappa shape index (κ2) is 8.25. The highest BCUT2D eigenvalue weighted by Crippen LogP contribution is 2.32. The average Bonchev–Trinajstić information content (AvgIpc) is 2.75. The van der Waals surface area contributed by atoms with Crippen LogP contribution in [0.4, 0.5) is 11.4 Å². The zero-order valence-corrected chi connectivity index (χ0v) is 17.2. The molecule has 30 heavy (non-hydrogen) atoms. The smallest absolute Gasteiger partial charge is 0.261 e. The van der Waals surface area contributed by atoms with Crippen LogP contribution in [-0.2, 0) is 10.0 Å². The van der Waals surface area contributed by atoms with E-state index in [9.17, 15) is 13.2 Å². The molecule has 154 valence electrons. The molecule has 9 heteroatoms. The number of sulfonamides is 1. The Kier molecular flexibility index (Phi) is 5.52. The quantitative estimate of drug-likeness (QED) is 0.616.